The molecular weight excluding hydrogens is 225 g/mol. The lowest BCUT2D eigenvalue weighted by molar-refractivity contribution is 0.370. The molecule has 1 aromatic carbocycles. The summed E-state index contributed by atoms with van der Waals surface area (Å²) in [4.78, 5) is 0. The molecule has 1 rings (SSSR count). The monoisotopic (exact) mass is 251 g/mol. The van der Waals surface area contributed by atoms with Crippen LogP contribution < -0.4 is 5.32 Å². The average Bonchev–Trinajstić information content (AvgIpc) is 2.35. The van der Waals surface area contributed by atoms with Gasteiger partial charge in [-0.3, -0.25) is 0 Å². The average molecular weight is 251 g/mol. The van der Waals surface area contributed by atoms with E-state index in [0.29, 0.717) is 17.9 Å². The van der Waals surface area contributed by atoms with Crippen molar-refractivity contribution in [2.24, 2.45) is 5.92 Å². The normalized spacial score (nSPS) is 13.3. The summed E-state index contributed by atoms with van der Waals surface area (Å²) in [5, 5.41) is 3.51. The molecule has 0 radical (unpaired) electrons. The molecule has 0 spiro atoms. The Morgan fingerprint density at radius 3 is 2.06 bits per heavy atom. The maximum absolute atomic E-state index is 13.0. The highest BCUT2D eigenvalue weighted by atomic mass is 19.1. The molecule has 1 atom stereocenters. The predicted octanol–water partition coefficient (Wildman–Crippen LogP) is 4.34. The van der Waals surface area contributed by atoms with Gasteiger partial charge in [0, 0.05) is 12.6 Å². The molecule has 0 heterocycles. The lowest BCUT2D eigenvalue weighted by atomic mass is 9.82. The van der Waals surface area contributed by atoms with E-state index in [4.69, 9.17) is 0 Å². The molecule has 0 aliphatic carbocycles. The van der Waals surface area contributed by atoms with E-state index < -0.39 is 0 Å². The molecule has 1 nitrogen and oxygen atoms in total. The molecular formula is C16H26FN. The van der Waals surface area contributed by atoms with Crippen LogP contribution in [-0.2, 0) is 0 Å². The first-order chi connectivity index (χ1) is 8.58. The number of halogens is 1. The molecule has 2 heteroatoms. The molecule has 0 aliphatic heterocycles. The first-order valence-electron chi connectivity index (χ1n) is 7.07. The lowest BCUT2D eigenvalue weighted by Crippen LogP contribution is -2.31. The second-order valence-corrected chi connectivity index (χ2v) is 5.30. The van der Waals surface area contributed by atoms with E-state index in [0.717, 1.165) is 19.4 Å². The minimum absolute atomic E-state index is 0.154. The second kappa shape index (κ2) is 7.52. The van der Waals surface area contributed by atoms with Crippen molar-refractivity contribution in [3.05, 3.63) is 35.6 Å². The maximum atomic E-state index is 13.0. The summed E-state index contributed by atoms with van der Waals surface area (Å²) in [6, 6.07) is 7.49. The van der Waals surface area contributed by atoms with Crippen molar-refractivity contribution in [1.29, 1.82) is 0 Å². The Balaban J connectivity index is 2.84. The van der Waals surface area contributed by atoms with Crippen molar-refractivity contribution in [2.45, 2.75) is 52.5 Å². The zero-order chi connectivity index (χ0) is 13.5. The van der Waals surface area contributed by atoms with E-state index in [-0.39, 0.29) is 5.82 Å². The van der Waals surface area contributed by atoms with Crippen LogP contribution >= 0.6 is 0 Å². The summed E-state index contributed by atoms with van der Waals surface area (Å²) in [7, 11) is 0. The van der Waals surface area contributed by atoms with Gasteiger partial charge in [0.1, 0.15) is 5.82 Å². The van der Waals surface area contributed by atoms with E-state index in [1.54, 1.807) is 12.1 Å². The lowest BCUT2D eigenvalue weighted by Gasteiger charge is -2.27. The van der Waals surface area contributed by atoms with Crippen molar-refractivity contribution in [3.63, 3.8) is 0 Å². The van der Waals surface area contributed by atoms with Gasteiger partial charge in [0.05, 0.1) is 0 Å². The molecule has 0 saturated carbocycles. The van der Waals surface area contributed by atoms with Crippen LogP contribution in [-0.4, -0.2) is 12.6 Å². The molecule has 0 fully saturated rings. The fourth-order valence-corrected chi connectivity index (χ4v) is 2.49. The molecule has 0 aromatic heterocycles. The van der Waals surface area contributed by atoms with Gasteiger partial charge in [-0.2, -0.15) is 0 Å². The van der Waals surface area contributed by atoms with Crippen LogP contribution in [0.15, 0.2) is 24.3 Å². The van der Waals surface area contributed by atoms with Gasteiger partial charge in [-0.05, 0) is 29.5 Å². The fraction of sp³-hybridized carbons (Fsp3) is 0.625. The van der Waals surface area contributed by atoms with E-state index >= 15 is 0 Å². The molecule has 1 N–H and O–H groups in total. The van der Waals surface area contributed by atoms with Crippen LogP contribution in [0.4, 0.5) is 4.39 Å². The van der Waals surface area contributed by atoms with Gasteiger partial charge in [0.25, 0.3) is 0 Å². The number of hydrogen-bond donors (Lipinski definition) is 1. The van der Waals surface area contributed by atoms with Gasteiger partial charge in [0.2, 0.25) is 0 Å². The molecule has 102 valence electrons. The van der Waals surface area contributed by atoms with Gasteiger partial charge in [-0.15, -0.1) is 0 Å². The smallest absolute Gasteiger partial charge is 0.123 e. The van der Waals surface area contributed by atoms with Crippen molar-refractivity contribution >= 4 is 0 Å². The van der Waals surface area contributed by atoms with Gasteiger partial charge in [-0.25, -0.2) is 4.39 Å². The van der Waals surface area contributed by atoms with Gasteiger partial charge in [-0.1, -0.05) is 52.7 Å². The third-order valence-electron chi connectivity index (χ3n) is 3.66. The number of nitrogens with one attached hydrogen (secondary N) is 1. The summed E-state index contributed by atoms with van der Waals surface area (Å²) < 4.78 is 13.0. The highest BCUT2D eigenvalue weighted by Gasteiger charge is 2.20. The molecule has 0 aliphatic rings. The van der Waals surface area contributed by atoms with Crippen LogP contribution in [0, 0.1) is 11.7 Å². The van der Waals surface area contributed by atoms with Crippen LogP contribution in [0.5, 0.6) is 0 Å². The van der Waals surface area contributed by atoms with Crippen LogP contribution in [0.2, 0.25) is 0 Å². The molecule has 0 amide bonds. The quantitative estimate of drug-likeness (QED) is 0.760. The molecule has 1 aromatic rings. The summed E-state index contributed by atoms with van der Waals surface area (Å²) in [6.45, 7) is 9.76. The Labute approximate surface area is 111 Å². The van der Waals surface area contributed by atoms with E-state index in [1.807, 2.05) is 12.1 Å². The Morgan fingerprint density at radius 2 is 1.61 bits per heavy atom. The predicted molar refractivity (Wildman–Crippen MR) is 76.4 cm³/mol. The summed E-state index contributed by atoms with van der Waals surface area (Å²) in [5.74, 6) is 0.976. The summed E-state index contributed by atoms with van der Waals surface area (Å²) in [5.41, 5.74) is 1.25. The van der Waals surface area contributed by atoms with E-state index in [2.05, 4.69) is 33.0 Å². The minimum Gasteiger partial charge on any atom is -0.314 e. The number of benzene rings is 1. The maximum Gasteiger partial charge on any atom is 0.123 e. The molecule has 18 heavy (non-hydrogen) atoms. The van der Waals surface area contributed by atoms with Crippen LogP contribution in [0.1, 0.15) is 52.0 Å². The minimum atomic E-state index is -0.154. The van der Waals surface area contributed by atoms with E-state index in [9.17, 15) is 4.39 Å². The number of hydrogen-bond acceptors (Lipinski definition) is 1. The molecule has 1 unspecified atom stereocenters. The third kappa shape index (κ3) is 4.41. The second-order valence-electron chi connectivity index (χ2n) is 5.30. The van der Waals surface area contributed by atoms with Crippen LogP contribution in [0.25, 0.3) is 0 Å². The Morgan fingerprint density at radius 1 is 1.06 bits per heavy atom. The number of rotatable bonds is 7. The summed E-state index contributed by atoms with van der Waals surface area (Å²) >= 11 is 0. The van der Waals surface area contributed by atoms with Crippen molar-refractivity contribution in [2.75, 3.05) is 6.54 Å². The van der Waals surface area contributed by atoms with Crippen molar-refractivity contribution in [1.82, 2.24) is 5.32 Å². The zero-order valence-corrected chi connectivity index (χ0v) is 12.0. The van der Waals surface area contributed by atoms with Gasteiger partial charge < -0.3 is 5.32 Å². The van der Waals surface area contributed by atoms with Crippen molar-refractivity contribution in [3.8, 4) is 0 Å². The third-order valence-corrected chi connectivity index (χ3v) is 3.66. The fourth-order valence-electron chi connectivity index (χ4n) is 2.49. The van der Waals surface area contributed by atoms with Crippen LogP contribution in [0.3, 0.4) is 0 Å². The Bertz CT molecular complexity index is 327. The largest absolute Gasteiger partial charge is 0.314 e. The van der Waals surface area contributed by atoms with E-state index in [1.165, 1.54) is 5.56 Å². The molecule has 0 saturated heterocycles. The standard InChI is InChI=1S/C16H26FN/c1-5-13(6-2)16(11-18-12(3)4)14-7-9-15(17)10-8-14/h7-10,12-13,16,18H,5-6,11H2,1-4H3. The zero-order valence-electron chi connectivity index (χ0n) is 12.0. The van der Waals surface area contributed by atoms with Gasteiger partial charge in [0.15, 0.2) is 0 Å². The Kier molecular flexibility index (Phi) is 6.34. The Hall–Kier alpha value is -0.890. The first-order valence-corrected chi connectivity index (χ1v) is 7.07. The molecule has 0 bridgehead atoms. The first kappa shape index (κ1) is 15.2. The topological polar surface area (TPSA) is 12.0 Å². The summed E-state index contributed by atoms with van der Waals surface area (Å²) in [6.07, 6.45) is 2.33. The van der Waals surface area contributed by atoms with Crippen molar-refractivity contribution < 1.29 is 4.39 Å². The highest BCUT2D eigenvalue weighted by molar-refractivity contribution is 5.21. The van der Waals surface area contributed by atoms with Gasteiger partial charge >= 0.3 is 0 Å². The highest BCUT2D eigenvalue weighted by Crippen LogP contribution is 2.29. The SMILES string of the molecule is CCC(CC)C(CNC(C)C)c1ccc(F)cc1.